The molecule has 1 aliphatic heterocycles. The lowest BCUT2D eigenvalue weighted by Gasteiger charge is -2.37. The van der Waals surface area contributed by atoms with E-state index in [1.807, 2.05) is 13.8 Å². The highest BCUT2D eigenvalue weighted by Crippen LogP contribution is 2.33. The third-order valence-electron chi connectivity index (χ3n) is 3.91. The molecule has 0 aromatic rings. The van der Waals surface area contributed by atoms with E-state index < -0.39 is 23.4 Å². The van der Waals surface area contributed by atoms with Gasteiger partial charge in [-0.05, 0) is 25.2 Å². The quantitative estimate of drug-likeness (QED) is 0.759. The molecule has 1 saturated heterocycles. The molecule has 0 bridgehead atoms. The Morgan fingerprint density at radius 2 is 2.00 bits per heavy atom. The Morgan fingerprint density at radius 3 is 2.43 bits per heavy atom. The van der Waals surface area contributed by atoms with E-state index in [2.05, 4.69) is 0 Å². The lowest BCUT2D eigenvalue weighted by Crippen LogP contribution is -2.57. The lowest BCUT2D eigenvalue weighted by molar-refractivity contribution is -0.148. The maximum Gasteiger partial charge on any atom is 0.329 e. The Morgan fingerprint density at radius 1 is 1.38 bits per heavy atom. The van der Waals surface area contributed by atoms with E-state index in [0.717, 1.165) is 0 Å². The molecule has 1 fully saturated rings. The third kappa shape index (κ3) is 3.65. The second kappa shape index (κ2) is 6.78. The number of carboxylic acid groups (broad SMARTS) is 1. The Bertz CT molecular complexity index is 424. The number of amides is 3. The topological polar surface area (TPSA) is 104 Å². The molecule has 0 saturated carbocycles. The van der Waals surface area contributed by atoms with Crippen molar-refractivity contribution in [2.75, 3.05) is 19.6 Å². The zero-order valence-corrected chi connectivity index (χ0v) is 13.0. The molecule has 1 rings (SSSR count). The first-order chi connectivity index (χ1) is 9.74. The summed E-state index contributed by atoms with van der Waals surface area (Å²) in [4.78, 5) is 38.2. The SMILES string of the molecule is CCC1(C(=O)O)CCCN1C(=O)N(CC(N)=O)CC(C)C. The van der Waals surface area contributed by atoms with E-state index in [1.54, 1.807) is 6.92 Å². The van der Waals surface area contributed by atoms with Gasteiger partial charge in [0.25, 0.3) is 0 Å². The average molecular weight is 299 g/mol. The smallest absolute Gasteiger partial charge is 0.329 e. The predicted molar refractivity (Wildman–Crippen MR) is 77.6 cm³/mol. The van der Waals surface area contributed by atoms with Gasteiger partial charge in [-0.3, -0.25) is 4.79 Å². The summed E-state index contributed by atoms with van der Waals surface area (Å²) in [6.07, 6.45) is 1.44. The number of nitrogens with two attached hydrogens (primary N) is 1. The summed E-state index contributed by atoms with van der Waals surface area (Å²) >= 11 is 0. The molecule has 1 unspecified atom stereocenters. The third-order valence-corrected chi connectivity index (χ3v) is 3.91. The van der Waals surface area contributed by atoms with E-state index in [1.165, 1.54) is 9.80 Å². The van der Waals surface area contributed by atoms with Gasteiger partial charge >= 0.3 is 12.0 Å². The van der Waals surface area contributed by atoms with Gasteiger partial charge in [0.2, 0.25) is 5.91 Å². The molecule has 0 aromatic heterocycles. The van der Waals surface area contributed by atoms with Gasteiger partial charge in [0.15, 0.2) is 0 Å². The van der Waals surface area contributed by atoms with Crippen molar-refractivity contribution in [1.82, 2.24) is 9.80 Å². The van der Waals surface area contributed by atoms with Crippen LogP contribution >= 0.6 is 0 Å². The van der Waals surface area contributed by atoms with Crippen LogP contribution in [0, 0.1) is 5.92 Å². The van der Waals surface area contributed by atoms with E-state index in [0.29, 0.717) is 32.4 Å². The molecule has 0 aliphatic carbocycles. The van der Waals surface area contributed by atoms with Gasteiger partial charge < -0.3 is 20.6 Å². The molecule has 3 amide bonds. The Labute approximate surface area is 125 Å². The fourth-order valence-corrected chi connectivity index (χ4v) is 2.91. The number of carbonyl (C=O) groups excluding carboxylic acids is 2. The first-order valence-corrected chi connectivity index (χ1v) is 7.32. The molecule has 1 aliphatic rings. The van der Waals surface area contributed by atoms with Crippen LogP contribution in [0.5, 0.6) is 0 Å². The van der Waals surface area contributed by atoms with Crippen LogP contribution < -0.4 is 5.73 Å². The number of urea groups is 1. The molecule has 7 nitrogen and oxygen atoms in total. The minimum Gasteiger partial charge on any atom is -0.479 e. The van der Waals surface area contributed by atoms with Crippen LogP contribution in [0.3, 0.4) is 0 Å². The van der Waals surface area contributed by atoms with Crippen molar-refractivity contribution < 1.29 is 19.5 Å². The maximum absolute atomic E-state index is 12.7. The first-order valence-electron chi connectivity index (χ1n) is 7.32. The van der Waals surface area contributed by atoms with Crippen LogP contribution in [0.4, 0.5) is 4.79 Å². The zero-order valence-electron chi connectivity index (χ0n) is 13.0. The molecule has 1 heterocycles. The van der Waals surface area contributed by atoms with Crippen LogP contribution in [0.15, 0.2) is 0 Å². The van der Waals surface area contributed by atoms with Crippen molar-refractivity contribution in [1.29, 1.82) is 0 Å². The Hall–Kier alpha value is -1.79. The minimum absolute atomic E-state index is 0.164. The number of carboxylic acids is 1. The summed E-state index contributed by atoms with van der Waals surface area (Å²) in [6, 6.07) is -0.413. The summed E-state index contributed by atoms with van der Waals surface area (Å²) in [6.45, 7) is 6.20. The standard InChI is InChI=1S/C14H25N3O4/c1-4-14(12(19)20)6-5-7-17(14)13(21)16(8-10(2)3)9-11(15)18/h10H,4-9H2,1-3H3,(H2,15,18)(H,19,20). The first kappa shape index (κ1) is 17.3. The summed E-state index contributed by atoms with van der Waals surface area (Å²) < 4.78 is 0. The molecule has 0 spiro atoms. The number of carbonyl (C=O) groups is 3. The average Bonchev–Trinajstić information content (AvgIpc) is 2.80. The molecule has 3 N–H and O–H groups in total. The molecule has 21 heavy (non-hydrogen) atoms. The van der Waals surface area contributed by atoms with Gasteiger partial charge in [0.05, 0.1) is 0 Å². The van der Waals surface area contributed by atoms with Crippen LogP contribution in [-0.2, 0) is 9.59 Å². The van der Waals surface area contributed by atoms with Gasteiger partial charge in [-0.1, -0.05) is 20.8 Å². The fourth-order valence-electron chi connectivity index (χ4n) is 2.91. The zero-order chi connectivity index (χ0) is 16.2. The van der Waals surface area contributed by atoms with Crippen molar-refractivity contribution in [3.8, 4) is 0 Å². The Balaban J connectivity index is 3.01. The van der Waals surface area contributed by atoms with E-state index in [-0.39, 0.29) is 12.5 Å². The second-order valence-electron chi connectivity index (χ2n) is 5.97. The van der Waals surface area contributed by atoms with Gasteiger partial charge in [-0.2, -0.15) is 0 Å². The fraction of sp³-hybridized carbons (Fsp3) is 0.786. The molecular formula is C14H25N3O4. The second-order valence-corrected chi connectivity index (χ2v) is 5.97. The Kier molecular flexibility index (Phi) is 5.57. The number of likely N-dealkylation sites (tertiary alicyclic amines) is 1. The predicted octanol–water partition coefficient (Wildman–Crippen LogP) is 0.879. The number of nitrogens with zero attached hydrogens (tertiary/aromatic N) is 2. The number of primary amides is 1. The number of rotatable bonds is 6. The highest BCUT2D eigenvalue weighted by molar-refractivity contribution is 5.89. The summed E-state index contributed by atoms with van der Waals surface area (Å²) in [5, 5.41) is 9.52. The van der Waals surface area contributed by atoms with Crippen LogP contribution in [0.25, 0.3) is 0 Å². The monoisotopic (exact) mass is 299 g/mol. The number of hydrogen-bond donors (Lipinski definition) is 2. The van der Waals surface area contributed by atoms with Gasteiger partial charge in [-0.25, -0.2) is 9.59 Å². The molecule has 0 radical (unpaired) electrons. The lowest BCUT2D eigenvalue weighted by atomic mass is 9.93. The minimum atomic E-state index is -1.16. The molecule has 0 aromatic carbocycles. The molecular weight excluding hydrogens is 274 g/mol. The highest BCUT2D eigenvalue weighted by Gasteiger charge is 2.49. The van der Waals surface area contributed by atoms with Crippen molar-refractivity contribution >= 4 is 17.9 Å². The van der Waals surface area contributed by atoms with E-state index >= 15 is 0 Å². The summed E-state index contributed by atoms with van der Waals surface area (Å²) in [7, 11) is 0. The van der Waals surface area contributed by atoms with Crippen molar-refractivity contribution in [3.63, 3.8) is 0 Å². The summed E-state index contributed by atoms with van der Waals surface area (Å²) in [5.41, 5.74) is 4.04. The van der Waals surface area contributed by atoms with Crippen molar-refractivity contribution in [2.24, 2.45) is 11.7 Å². The van der Waals surface area contributed by atoms with Gasteiger partial charge in [0.1, 0.15) is 12.1 Å². The maximum atomic E-state index is 12.7. The van der Waals surface area contributed by atoms with Gasteiger partial charge in [-0.15, -0.1) is 0 Å². The highest BCUT2D eigenvalue weighted by atomic mass is 16.4. The summed E-state index contributed by atoms with van der Waals surface area (Å²) in [5.74, 6) is -1.42. The van der Waals surface area contributed by atoms with E-state index in [4.69, 9.17) is 5.73 Å². The van der Waals surface area contributed by atoms with E-state index in [9.17, 15) is 19.5 Å². The van der Waals surface area contributed by atoms with Crippen LogP contribution in [-0.4, -0.2) is 58.0 Å². The van der Waals surface area contributed by atoms with Crippen LogP contribution in [0.2, 0.25) is 0 Å². The van der Waals surface area contributed by atoms with Gasteiger partial charge in [0, 0.05) is 13.1 Å². The van der Waals surface area contributed by atoms with Crippen molar-refractivity contribution in [2.45, 2.75) is 45.6 Å². The number of aliphatic carboxylic acids is 1. The normalized spacial score (nSPS) is 21.6. The molecule has 120 valence electrons. The number of hydrogen-bond acceptors (Lipinski definition) is 3. The largest absolute Gasteiger partial charge is 0.479 e. The molecule has 7 heteroatoms. The molecule has 1 atom stereocenters. The van der Waals surface area contributed by atoms with Crippen LogP contribution in [0.1, 0.15) is 40.0 Å². The van der Waals surface area contributed by atoms with Crippen molar-refractivity contribution in [3.05, 3.63) is 0 Å².